The maximum Gasteiger partial charge on any atom is 0.270 e. The molecule has 2 aliphatic heterocycles. The van der Waals surface area contributed by atoms with E-state index in [9.17, 15) is 13.2 Å². The van der Waals surface area contributed by atoms with E-state index in [2.05, 4.69) is 41.9 Å². The number of morpholine rings is 1. The molecule has 0 atom stereocenters. The van der Waals surface area contributed by atoms with E-state index in [1.54, 1.807) is 13.8 Å². The summed E-state index contributed by atoms with van der Waals surface area (Å²) in [6, 6.07) is 6.43. The van der Waals surface area contributed by atoms with Gasteiger partial charge in [0.05, 0.1) is 13.2 Å². The van der Waals surface area contributed by atoms with Gasteiger partial charge in [-0.15, -0.1) is 0 Å². The number of hydrogen-bond donors (Lipinski definition) is 1. The average Bonchev–Trinajstić information content (AvgIpc) is 3.10. The van der Waals surface area contributed by atoms with Crippen LogP contribution in [0.4, 0.5) is 5.69 Å². The molecule has 1 N–H and O–H groups in total. The number of benzene rings is 1. The molecule has 2 aliphatic rings. The summed E-state index contributed by atoms with van der Waals surface area (Å²) in [5, 5.41) is 0. The van der Waals surface area contributed by atoms with Crippen LogP contribution in [0.3, 0.4) is 0 Å². The smallest absolute Gasteiger partial charge is 0.270 e. The number of aryl methyl sites for hydroxylation is 3. The van der Waals surface area contributed by atoms with Crippen LogP contribution in [-0.4, -0.2) is 81.0 Å². The number of carbonyl (C=O) groups is 1. The van der Waals surface area contributed by atoms with Crippen LogP contribution in [0.5, 0.6) is 0 Å². The fourth-order valence-corrected chi connectivity index (χ4v) is 6.43. The Bertz CT molecular complexity index is 1110. The number of aromatic nitrogens is 1. The highest BCUT2D eigenvalue weighted by Crippen LogP contribution is 2.28. The summed E-state index contributed by atoms with van der Waals surface area (Å²) in [6.45, 7) is 11.7. The Morgan fingerprint density at radius 2 is 1.62 bits per heavy atom. The number of nitrogens with zero attached hydrogens (tertiary/aromatic N) is 3. The van der Waals surface area contributed by atoms with Gasteiger partial charge in [0.25, 0.3) is 5.91 Å². The first-order chi connectivity index (χ1) is 15.2. The number of ether oxygens (including phenoxy) is 1. The number of H-pyrrole nitrogens is 1. The standard InChI is InChI=1S/C23H32N4O4S/c1-16-5-6-17(2)20(15-16)25-7-9-26(10-8-25)23(28)21-18(3)22(19(4)24-21)32(29,30)27-11-13-31-14-12-27/h5-6,15,24H,7-14H2,1-4H3. The predicted molar refractivity (Wildman–Crippen MR) is 124 cm³/mol. The molecular formula is C23H32N4O4S. The van der Waals surface area contributed by atoms with Crippen molar-refractivity contribution in [2.24, 2.45) is 0 Å². The molecule has 0 bridgehead atoms. The van der Waals surface area contributed by atoms with Gasteiger partial charge < -0.3 is 19.5 Å². The molecule has 3 heterocycles. The molecule has 2 fully saturated rings. The van der Waals surface area contributed by atoms with Crippen molar-refractivity contribution < 1.29 is 17.9 Å². The molecule has 9 heteroatoms. The molecule has 2 aromatic rings. The second kappa shape index (κ2) is 8.88. The van der Waals surface area contributed by atoms with Crippen molar-refractivity contribution in [3.63, 3.8) is 0 Å². The summed E-state index contributed by atoms with van der Waals surface area (Å²) < 4.78 is 33.2. The van der Waals surface area contributed by atoms with E-state index in [1.807, 2.05) is 4.90 Å². The fraction of sp³-hybridized carbons (Fsp3) is 0.522. The van der Waals surface area contributed by atoms with Crippen molar-refractivity contribution in [2.45, 2.75) is 32.6 Å². The Balaban J connectivity index is 1.51. The lowest BCUT2D eigenvalue weighted by Gasteiger charge is -2.37. The molecule has 0 radical (unpaired) electrons. The molecule has 0 spiro atoms. The molecule has 0 saturated carbocycles. The number of piperazine rings is 1. The summed E-state index contributed by atoms with van der Waals surface area (Å²) in [7, 11) is -3.68. The normalized spacial score (nSPS) is 18.2. The topological polar surface area (TPSA) is 86.0 Å². The third kappa shape index (κ3) is 4.16. The SMILES string of the molecule is Cc1ccc(C)c(N2CCN(C(=O)c3[nH]c(C)c(S(=O)(=O)N4CCOCC4)c3C)CC2)c1. The first-order valence-corrected chi connectivity index (χ1v) is 12.5. The zero-order valence-corrected chi connectivity index (χ0v) is 20.1. The van der Waals surface area contributed by atoms with Crippen LogP contribution >= 0.6 is 0 Å². The van der Waals surface area contributed by atoms with Gasteiger partial charge >= 0.3 is 0 Å². The molecular weight excluding hydrogens is 428 g/mol. The Hall–Kier alpha value is -2.36. The lowest BCUT2D eigenvalue weighted by Crippen LogP contribution is -2.49. The van der Waals surface area contributed by atoms with Gasteiger partial charge in [-0.2, -0.15) is 4.31 Å². The van der Waals surface area contributed by atoms with Gasteiger partial charge in [-0.05, 0) is 50.5 Å². The zero-order valence-electron chi connectivity index (χ0n) is 19.3. The number of rotatable bonds is 4. The minimum Gasteiger partial charge on any atom is -0.379 e. The highest BCUT2D eigenvalue weighted by molar-refractivity contribution is 7.89. The number of hydrogen-bond acceptors (Lipinski definition) is 5. The molecule has 1 aromatic carbocycles. The van der Waals surface area contributed by atoms with E-state index in [1.165, 1.54) is 21.1 Å². The van der Waals surface area contributed by atoms with Crippen LogP contribution < -0.4 is 4.90 Å². The maximum atomic E-state index is 13.3. The van der Waals surface area contributed by atoms with Crippen molar-refractivity contribution in [3.05, 3.63) is 46.3 Å². The molecule has 4 rings (SSSR count). The minimum atomic E-state index is -3.68. The second-order valence-electron chi connectivity index (χ2n) is 8.66. The summed E-state index contributed by atoms with van der Waals surface area (Å²) in [6.07, 6.45) is 0. The molecule has 2 saturated heterocycles. The Morgan fingerprint density at radius 3 is 2.28 bits per heavy atom. The van der Waals surface area contributed by atoms with Gasteiger partial charge in [-0.3, -0.25) is 4.79 Å². The van der Waals surface area contributed by atoms with Crippen molar-refractivity contribution >= 4 is 21.6 Å². The van der Waals surface area contributed by atoms with Crippen LogP contribution in [0.1, 0.15) is 32.9 Å². The molecule has 1 amide bonds. The van der Waals surface area contributed by atoms with Gasteiger partial charge in [0.1, 0.15) is 10.6 Å². The van der Waals surface area contributed by atoms with Gasteiger partial charge in [0.2, 0.25) is 10.0 Å². The first kappa shape index (κ1) is 22.8. The minimum absolute atomic E-state index is 0.144. The van der Waals surface area contributed by atoms with E-state index in [0.29, 0.717) is 56.3 Å². The van der Waals surface area contributed by atoms with Crippen molar-refractivity contribution in [1.82, 2.24) is 14.2 Å². The number of nitrogens with one attached hydrogen (secondary N) is 1. The number of aromatic amines is 1. The molecule has 1 aromatic heterocycles. The maximum absolute atomic E-state index is 13.3. The molecule has 8 nitrogen and oxygen atoms in total. The quantitative estimate of drug-likeness (QED) is 0.756. The van der Waals surface area contributed by atoms with Gasteiger partial charge in [0.15, 0.2) is 0 Å². The number of carbonyl (C=O) groups excluding carboxylic acids is 1. The highest BCUT2D eigenvalue weighted by atomic mass is 32.2. The van der Waals surface area contributed by atoms with Crippen LogP contribution in [0, 0.1) is 27.7 Å². The third-order valence-corrected chi connectivity index (χ3v) is 8.60. The molecule has 0 aliphatic carbocycles. The van der Waals surface area contributed by atoms with E-state index < -0.39 is 10.0 Å². The molecule has 174 valence electrons. The summed E-state index contributed by atoms with van der Waals surface area (Å²) >= 11 is 0. The number of sulfonamides is 1. The Morgan fingerprint density at radius 1 is 0.969 bits per heavy atom. The highest BCUT2D eigenvalue weighted by Gasteiger charge is 2.34. The zero-order chi connectivity index (χ0) is 23.0. The van der Waals surface area contributed by atoms with E-state index in [0.717, 1.165) is 13.1 Å². The monoisotopic (exact) mass is 460 g/mol. The summed E-state index contributed by atoms with van der Waals surface area (Å²) in [4.78, 5) is 20.7. The van der Waals surface area contributed by atoms with E-state index >= 15 is 0 Å². The fourth-order valence-electron chi connectivity index (χ4n) is 4.62. The Kier molecular flexibility index (Phi) is 6.33. The van der Waals surface area contributed by atoms with E-state index in [4.69, 9.17) is 4.74 Å². The van der Waals surface area contributed by atoms with Crippen molar-refractivity contribution in [3.8, 4) is 0 Å². The van der Waals surface area contributed by atoms with Crippen LogP contribution in [0.25, 0.3) is 0 Å². The van der Waals surface area contributed by atoms with Crippen LogP contribution in [-0.2, 0) is 14.8 Å². The summed E-state index contributed by atoms with van der Waals surface area (Å²) in [5.74, 6) is -0.144. The lowest BCUT2D eigenvalue weighted by molar-refractivity contribution is 0.0729. The van der Waals surface area contributed by atoms with Gasteiger partial charge in [0, 0.05) is 50.6 Å². The molecule has 0 unspecified atom stereocenters. The number of amides is 1. The van der Waals surface area contributed by atoms with Crippen molar-refractivity contribution in [1.29, 1.82) is 0 Å². The number of anilines is 1. The average molecular weight is 461 g/mol. The lowest BCUT2D eigenvalue weighted by atomic mass is 10.1. The second-order valence-corrected chi connectivity index (χ2v) is 10.5. The third-order valence-electron chi connectivity index (χ3n) is 6.42. The van der Waals surface area contributed by atoms with Gasteiger partial charge in [-0.25, -0.2) is 8.42 Å². The van der Waals surface area contributed by atoms with E-state index in [-0.39, 0.29) is 10.8 Å². The predicted octanol–water partition coefficient (Wildman–Crippen LogP) is 2.23. The van der Waals surface area contributed by atoms with Gasteiger partial charge in [-0.1, -0.05) is 12.1 Å². The largest absolute Gasteiger partial charge is 0.379 e. The Labute approximate surface area is 190 Å². The summed E-state index contributed by atoms with van der Waals surface area (Å²) in [5.41, 5.74) is 5.03. The van der Waals surface area contributed by atoms with Crippen LogP contribution in [0.15, 0.2) is 23.1 Å². The molecule has 32 heavy (non-hydrogen) atoms. The van der Waals surface area contributed by atoms with Crippen molar-refractivity contribution in [2.75, 3.05) is 57.4 Å². The first-order valence-electron chi connectivity index (χ1n) is 11.1. The van der Waals surface area contributed by atoms with Crippen LogP contribution in [0.2, 0.25) is 0 Å².